The van der Waals surface area contributed by atoms with Crippen LogP contribution in [0.25, 0.3) is 11.0 Å². The van der Waals surface area contributed by atoms with Crippen molar-refractivity contribution in [1.82, 2.24) is 14.5 Å². The molecule has 0 bridgehead atoms. The number of aromatic nitrogens is 2. The van der Waals surface area contributed by atoms with Crippen LogP contribution in [-0.2, 0) is 20.6 Å². The van der Waals surface area contributed by atoms with Gasteiger partial charge in [-0.2, -0.15) is 0 Å². The number of rotatable bonds is 3. The average Bonchev–Trinajstić information content (AvgIpc) is 3.14. The van der Waals surface area contributed by atoms with Crippen LogP contribution in [0.5, 0.6) is 0 Å². The molecule has 0 atom stereocenters. The summed E-state index contributed by atoms with van der Waals surface area (Å²) in [5, 5.41) is 3.48. The Morgan fingerprint density at radius 1 is 1.22 bits per heavy atom. The first kappa shape index (κ1) is 13.2. The van der Waals surface area contributed by atoms with Crippen LogP contribution in [0, 0.1) is 0 Å². The van der Waals surface area contributed by atoms with Crippen LogP contribution >= 0.6 is 0 Å². The van der Waals surface area contributed by atoms with Crippen molar-refractivity contribution >= 4 is 11.0 Å². The molecule has 18 heavy (non-hydrogen) atoms. The quantitative estimate of drug-likeness (QED) is 0.707. The number of nitrogens with one attached hydrogen (secondary N) is 1. The molecule has 98 valence electrons. The third-order valence-electron chi connectivity index (χ3n) is 3.51. The van der Waals surface area contributed by atoms with Crippen molar-refractivity contribution in [1.29, 1.82) is 0 Å². The highest BCUT2D eigenvalue weighted by atomic mass is 35.5. The number of hydrogen-bond donors (Lipinski definition) is 1. The zero-order valence-corrected chi connectivity index (χ0v) is 11.4. The van der Waals surface area contributed by atoms with Crippen LogP contribution in [0.3, 0.4) is 0 Å². The monoisotopic (exact) mass is 266 g/mol. The lowest BCUT2D eigenvalue weighted by molar-refractivity contribution is -0.00000368. The van der Waals surface area contributed by atoms with E-state index in [0.717, 1.165) is 17.6 Å². The van der Waals surface area contributed by atoms with Crippen molar-refractivity contribution in [3.05, 3.63) is 34.2 Å². The lowest BCUT2D eigenvalue weighted by Crippen LogP contribution is -3.00. The van der Waals surface area contributed by atoms with E-state index in [4.69, 9.17) is 0 Å². The molecule has 0 amide bonds. The Balaban J connectivity index is 0.00000120. The molecule has 3 rings (SSSR count). The Bertz CT molecular complexity index is 625. The molecule has 0 saturated heterocycles. The van der Waals surface area contributed by atoms with Gasteiger partial charge >= 0.3 is 5.69 Å². The van der Waals surface area contributed by atoms with E-state index in [1.54, 1.807) is 9.13 Å². The highest BCUT2D eigenvalue weighted by molar-refractivity contribution is 5.76. The predicted octanol–water partition coefficient (Wildman–Crippen LogP) is -1.87. The van der Waals surface area contributed by atoms with Gasteiger partial charge in [0.2, 0.25) is 0 Å². The maximum absolute atomic E-state index is 11.8. The number of halogens is 1. The largest absolute Gasteiger partial charge is 1.00 e. The second kappa shape index (κ2) is 4.78. The number of imidazole rings is 1. The van der Waals surface area contributed by atoms with E-state index < -0.39 is 0 Å². The first-order chi connectivity index (χ1) is 8.16. The molecule has 1 heterocycles. The van der Waals surface area contributed by atoms with Gasteiger partial charge in [0.15, 0.2) is 0 Å². The first-order valence-corrected chi connectivity index (χ1v) is 6.04. The van der Waals surface area contributed by atoms with Gasteiger partial charge in [-0.25, -0.2) is 4.79 Å². The number of aryl methyl sites for hydroxylation is 2. The smallest absolute Gasteiger partial charge is 0.328 e. The summed E-state index contributed by atoms with van der Waals surface area (Å²) >= 11 is 0. The molecular formula is C13H17ClN3O-. The van der Waals surface area contributed by atoms with Crippen molar-refractivity contribution in [2.75, 3.05) is 0 Å². The minimum absolute atomic E-state index is 0. The van der Waals surface area contributed by atoms with Gasteiger partial charge in [-0.15, -0.1) is 0 Å². The number of hydrogen-bond acceptors (Lipinski definition) is 2. The van der Waals surface area contributed by atoms with Crippen LogP contribution in [-0.4, -0.2) is 15.2 Å². The third kappa shape index (κ3) is 2.18. The van der Waals surface area contributed by atoms with Gasteiger partial charge in [-0.3, -0.25) is 9.13 Å². The van der Waals surface area contributed by atoms with Crippen LogP contribution in [0.4, 0.5) is 0 Å². The Labute approximate surface area is 112 Å². The lowest BCUT2D eigenvalue weighted by atomic mass is 10.2. The van der Waals surface area contributed by atoms with E-state index in [-0.39, 0.29) is 18.1 Å². The molecule has 0 spiro atoms. The fourth-order valence-corrected chi connectivity index (χ4v) is 2.21. The molecule has 1 aromatic carbocycles. The molecule has 1 fully saturated rings. The molecule has 1 N–H and O–H groups in total. The van der Waals surface area contributed by atoms with Crippen LogP contribution in [0.15, 0.2) is 23.0 Å². The molecule has 0 unspecified atom stereocenters. The second-order valence-corrected chi connectivity index (χ2v) is 4.88. The Kier molecular flexibility index (Phi) is 3.50. The summed E-state index contributed by atoms with van der Waals surface area (Å²) < 4.78 is 3.39. The zero-order valence-electron chi connectivity index (χ0n) is 10.6. The van der Waals surface area contributed by atoms with Crippen molar-refractivity contribution < 1.29 is 12.4 Å². The van der Waals surface area contributed by atoms with Gasteiger partial charge in [0.1, 0.15) is 0 Å². The molecule has 1 aliphatic rings. The fraction of sp³-hybridized carbons (Fsp3) is 0.462. The summed E-state index contributed by atoms with van der Waals surface area (Å²) in [7, 11) is 3.63. The van der Waals surface area contributed by atoms with Crippen molar-refractivity contribution in [3.8, 4) is 0 Å². The zero-order chi connectivity index (χ0) is 12.0. The third-order valence-corrected chi connectivity index (χ3v) is 3.51. The van der Waals surface area contributed by atoms with Crippen LogP contribution < -0.4 is 23.4 Å². The predicted molar refractivity (Wildman–Crippen MR) is 68.0 cm³/mol. The highest BCUT2D eigenvalue weighted by Crippen LogP contribution is 2.20. The summed E-state index contributed by atoms with van der Waals surface area (Å²) in [6.07, 6.45) is 2.60. The molecule has 1 aliphatic carbocycles. The fourth-order valence-electron chi connectivity index (χ4n) is 2.21. The van der Waals surface area contributed by atoms with Gasteiger partial charge < -0.3 is 17.7 Å². The van der Waals surface area contributed by atoms with Gasteiger partial charge in [0.25, 0.3) is 0 Å². The Hall–Kier alpha value is -1.26. The standard InChI is InChI=1S/C13H17N3O.ClH/c1-15-11-6-3-9(8-14-10-4-5-10)7-12(11)16(2)13(15)17;/h3,6-7,10,14H,4-5,8H2,1-2H3;1H/p-1. The van der Waals surface area contributed by atoms with Gasteiger partial charge in [-0.1, -0.05) is 6.07 Å². The van der Waals surface area contributed by atoms with E-state index in [1.807, 2.05) is 20.2 Å². The number of benzene rings is 1. The van der Waals surface area contributed by atoms with E-state index in [0.29, 0.717) is 6.04 Å². The average molecular weight is 267 g/mol. The SMILES string of the molecule is Cn1c(=O)n(C)c2cc(CNC3CC3)ccc21.[Cl-]. The van der Waals surface area contributed by atoms with Gasteiger partial charge in [0.05, 0.1) is 11.0 Å². The molecule has 0 aliphatic heterocycles. The second-order valence-electron chi connectivity index (χ2n) is 4.88. The molecular weight excluding hydrogens is 250 g/mol. The van der Waals surface area contributed by atoms with E-state index in [1.165, 1.54) is 18.4 Å². The van der Waals surface area contributed by atoms with Crippen molar-refractivity contribution in [2.45, 2.75) is 25.4 Å². The van der Waals surface area contributed by atoms with Crippen molar-refractivity contribution in [2.24, 2.45) is 14.1 Å². The number of nitrogens with zero attached hydrogens (tertiary/aromatic N) is 2. The minimum Gasteiger partial charge on any atom is -1.00 e. The van der Waals surface area contributed by atoms with E-state index in [9.17, 15) is 4.79 Å². The topological polar surface area (TPSA) is 39.0 Å². The number of fused-ring (bicyclic) bond motifs is 1. The Morgan fingerprint density at radius 2 is 1.89 bits per heavy atom. The van der Waals surface area contributed by atoms with Crippen LogP contribution in [0.1, 0.15) is 18.4 Å². The van der Waals surface area contributed by atoms with E-state index >= 15 is 0 Å². The maximum Gasteiger partial charge on any atom is 0.328 e. The maximum atomic E-state index is 11.8. The highest BCUT2D eigenvalue weighted by Gasteiger charge is 2.20. The van der Waals surface area contributed by atoms with Crippen molar-refractivity contribution in [3.63, 3.8) is 0 Å². The molecule has 1 saturated carbocycles. The summed E-state index contributed by atoms with van der Waals surface area (Å²) in [4.78, 5) is 11.8. The summed E-state index contributed by atoms with van der Waals surface area (Å²) in [5.74, 6) is 0. The molecule has 5 heteroatoms. The Morgan fingerprint density at radius 3 is 2.56 bits per heavy atom. The normalized spacial score (nSPS) is 14.8. The first-order valence-electron chi connectivity index (χ1n) is 6.04. The summed E-state index contributed by atoms with van der Waals surface area (Å²) in [6.45, 7) is 0.893. The lowest BCUT2D eigenvalue weighted by Gasteiger charge is -2.04. The van der Waals surface area contributed by atoms with Gasteiger partial charge in [0, 0.05) is 26.7 Å². The molecule has 0 radical (unpaired) electrons. The van der Waals surface area contributed by atoms with Crippen LogP contribution in [0.2, 0.25) is 0 Å². The van der Waals surface area contributed by atoms with E-state index in [2.05, 4.69) is 17.4 Å². The molecule has 1 aromatic heterocycles. The minimum atomic E-state index is 0. The molecule has 2 aromatic rings. The summed E-state index contributed by atoms with van der Waals surface area (Å²) in [6, 6.07) is 6.94. The summed E-state index contributed by atoms with van der Waals surface area (Å²) in [5.41, 5.74) is 3.28. The van der Waals surface area contributed by atoms with Gasteiger partial charge in [-0.05, 0) is 30.5 Å². The molecule has 4 nitrogen and oxygen atoms in total.